The average Bonchev–Trinajstić information content (AvgIpc) is 2.20. The maximum Gasteiger partial charge on any atom is 0.239 e. The van der Waals surface area contributed by atoms with Crippen LogP contribution in [0.25, 0.3) is 0 Å². The van der Waals surface area contributed by atoms with E-state index in [1.807, 2.05) is 13.2 Å². The third kappa shape index (κ3) is 6.35. The van der Waals surface area contributed by atoms with Crippen LogP contribution in [0.15, 0.2) is 0 Å². The summed E-state index contributed by atoms with van der Waals surface area (Å²) in [6.45, 7) is 6.18. The van der Waals surface area contributed by atoms with Gasteiger partial charge in [0.2, 0.25) is 5.91 Å². The second kappa shape index (κ2) is 7.14. The van der Waals surface area contributed by atoms with Gasteiger partial charge in [0.1, 0.15) is 0 Å². The zero-order chi connectivity index (χ0) is 12.8. The Kier molecular flexibility index (Phi) is 7.03. The van der Waals surface area contributed by atoms with Gasteiger partial charge in [-0.1, -0.05) is 0 Å². The zero-order valence-corrected chi connectivity index (χ0v) is 11.5. The number of hydrogen-bond donors (Lipinski definition) is 2. The minimum absolute atomic E-state index is 0.0707. The summed E-state index contributed by atoms with van der Waals surface area (Å²) in [5.74, 6) is 0.811. The first-order chi connectivity index (χ1) is 7.31. The van der Waals surface area contributed by atoms with E-state index in [9.17, 15) is 9.90 Å². The first kappa shape index (κ1) is 15.7. The van der Waals surface area contributed by atoms with Gasteiger partial charge in [0, 0.05) is 13.1 Å². The second-order valence-corrected chi connectivity index (χ2v) is 5.54. The molecule has 3 N–H and O–H groups in total. The fraction of sp³-hybridized carbons (Fsp3) is 0.909. The van der Waals surface area contributed by atoms with Gasteiger partial charge < -0.3 is 15.7 Å². The Morgan fingerprint density at radius 1 is 1.56 bits per heavy atom. The van der Waals surface area contributed by atoms with Crippen molar-refractivity contribution in [3.05, 3.63) is 0 Å². The molecule has 0 aromatic heterocycles. The number of likely N-dealkylation sites (N-methyl/N-ethyl adjacent to an activating group) is 1. The van der Waals surface area contributed by atoms with Crippen LogP contribution in [-0.4, -0.2) is 52.7 Å². The number of amides is 1. The number of hydrogen-bond acceptors (Lipinski definition) is 4. The highest BCUT2D eigenvalue weighted by molar-refractivity contribution is 7.98. The normalized spacial score (nSPS) is 13.6. The highest BCUT2D eigenvalue weighted by atomic mass is 32.2. The molecule has 0 rings (SSSR count). The number of carbonyl (C=O) groups is 1. The maximum atomic E-state index is 11.9. The molecular formula is C11H24N2O2S. The predicted octanol–water partition coefficient (Wildman–Crippen LogP) is 0.686. The van der Waals surface area contributed by atoms with Crippen LogP contribution in [0.5, 0.6) is 0 Å². The van der Waals surface area contributed by atoms with Gasteiger partial charge in [-0.3, -0.25) is 4.79 Å². The molecule has 5 heteroatoms. The molecule has 0 bridgehead atoms. The number of thioether (sulfide) groups is 1. The molecule has 4 nitrogen and oxygen atoms in total. The van der Waals surface area contributed by atoms with Crippen molar-refractivity contribution in [2.24, 2.45) is 5.73 Å². The monoisotopic (exact) mass is 248 g/mol. The van der Waals surface area contributed by atoms with Crippen LogP contribution in [-0.2, 0) is 4.79 Å². The molecule has 0 saturated carbocycles. The summed E-state index contributed by atoms with van der Waals surface area (Å²) in [7, 11) is 0. The molecule has 0 unspecified atom stereocenters. The SMILES string of the molecule is CCN(CC(C)(C)O)C(=O)[C@@H](N)CCSC. The molecular weight excluding hydrogens is 224 g/mol. The van der Waals surface area contributed by atoms with Crippen LogP contribution in [0, 0.1) is 0 Å². The van der Waals surface area contributed by atoms with E-state index in [0.29, 0.717) is 19.5 Å². The number of nitrogens with zero attached hydrogens (tertiary/aromatic N) is 1. The van der Waals surface area contributed by atoms with Crippen molar-refractivity contribution in [3.8, 4) is 0 Å². The Labute approximate surface area is 103 Å². The number of carbonyl (C=O) groups excluding carboxylic acids is 1. The Morgan fingerprint density at radius 3 is 2.50 bits per heavy atom. The summed E-state index contributed by atoms with van der Waals surface area (Å²) in [5, 5.41) is 9.69. The molecule has 0 spiro atoms. The lowest BCUT2D eigenvalue weighted by Crippen LogP contribution is -2.49. The molecule has 0 saturated heterocycles. The van der Waals surface area contributed by atoms with Crippen LogP contribution in [0.4, 0.5) is 0 Å². The summed E-state index contributed by atoms with van der Waals surface area (Å²) in [4.78, 5) is 13.6. The molecule has 0 aliphatic rings. The molecule has 0 heterocycles. The third-order valence-corrected chi connectivity index (χ3v) is 2.87. The molecule has 0 fully saturated rings. The van der Waals surface area contributed by atoms with Gasteiger partial charge >= 0.3 is 0 Å². The van der Waals surface area contributed by atoms with Crippen LogP contribution >= 0.6 is 11.8 Å². The second-order valence-electron chi connectivity index (χ2n) is 4.55. The average molecular weight is 248 g/mol. The van der Waals surface area contributed by atoms with Gasteiger partial charge in [-0.25, -0.2) is 0 Å². The molecule has 1 atom stereocenters. The maximum absolute atomic E-state index is 11.9. The molecule has 0 aliphatic heterocycles. The molecule has 1 amide bonds. The minimum atomic E-state index is -0.870. The van der Waals surface area contributed by atoms with E-state index in [-0.39, 0.29) is 5.91 Å². The van der Waals surface area contributed by atoms with Crippen molar-refractivity contribution in [2.45, 2.75) is 38.8 Å². The highest BCUT2D eigenvalue weighted by Gasteiger charge is 2.24. The zero-order valence-electron chi connectivity index (χ0n) is 10.7. The van der Waals surface area contributed by atoms with Gasteiger partial charge in [-0.2, -0.15) is 11.8 Å². The molecule has 0 radical (unpaired) electrons. The van der Waals surface area contributed by atoms with Gasteiger partial charge in [0.05, 0.1) is 11.6 Å². The fourth-order valence-corrected chi connectivity index (χ4v) is 1.91. The van der Waals surface area contributed by atoms with Gasteiger partial charge in [0.15, 0.2) is 0 Å². The lowest BCUT2D eigenvalue weighted by Gasteiger charge is -2.30. The smallest absolute Gasteiger partial charge is 0.239 e. The van der Waals surface area contributed by atoms with Crippen LogP contribution < -0.4 is 5.73 Å². The van der Waals surface area contributed by atoms with Crippen LogP contribution in [0.3, 0.4) is 0 Å². The Bertz CT molecular complexity index is 217. The topological polar surface area (TPSA) is 66.6 Å². The molecule has 96 valence electrons. The standard InChI is InChI=1S/C11H24N2O2S/c1-5-13(8-11(2,3)15)10(14)9(12)6-7-16-4/h9,15H,5-8,12H2,1-4H3/t9-/m0/s1. The van der Waals surface area contributed by atoms with Crippen molar-refractivity contribution < 1.29 is 9.90 Å². The summed E-state index contributed by atoms with van der Waals surface area (Å²) in [6.07, 6.45) is 2.67. The van der Waals surface area contributed by atoms with E-state index in [4.69, 9.17) is 5.73 Å². The first-order valence-electron chi connectivity index (χ1n) is 5.57. The van der Waals surface area contributed by atoms with Gasteiger partial charge in [-0.15, -0.1) is 0 Å². The third-order valence-electron chi connectivity index (χ3n) is 2.22. The van der Waals surface area contributed by atoms with Crippen LogP contribution in [0.2, 0.25) is 0 Å². The molecule has 0 aromatic rings. The minimum Gasteiger partial charge on any atom is -0.389 e. The van der Waals surface area contributed by atoms with Crippen molar-refractivity contribution in [1.82, 2.24) is 4.90 Å². The molecule has 0 aliphatic carbocycles. The quantitative estimate of drug-likeness (QED) is 0.695. The fourth-order valence-electron chi connectivity index (χ4n) is 1.42. The number of rotatable bonds is 7. The predicted molar refractivity (Wildman–Crippen MR) is 69.5 cm³/mol. The Morgan fingerprint density at radius 2 is 2.12 bits per heavy atom. The summed E-state index contributed by atoms with van der Waals surface area (Å²) in [6, 6.07) is -0.449. The van der Waals surface area contributed by atoms with Crippen molar-refractivity contribution in [3.63, 3.8) is 0 Å². The van der Waals surface area contributed by atoms with E-state index < -0.39 is 11.6 Å². The lowest BCUT2D eigenvalue weighted by atomic mass is 10.1. The summed E-state index contributed by atoms with van der Waals surface area (Å²) in [5.41, 5.74) is 4.94. The first-order valence-corrected chi connectivity index (χ1v) is 6.97. The summed E-state index contributed by atoms with van der Waals surface area (Å²) < 4.78 is 0. The summed E-state index contributed by atoms with van der Waals surface area (Å²) >= 11 is 1.68. The molecule has 0 aromatic carbocycles. The van der Waals surface area contributed by atoms with Crippen molar-refractivity contribution in [2.75, 3.05) is 25.1 Å². The number of nitrogens with two attached hydrogens (primary N) is 1. The van der Waals surface area contributed by atoms with Gasteiger partial charge in [0.25, 0.3) is 0 Å². The highest BCUT2D eigenvalue weighted by Crippen LogP contribution is 2.08. The van der Waals surface area contributed by atoms with Crippen molar-refractivity contribution in [1.29, 1.82) is 0 Å². The van der Waals surface area contributed by atoms with Crippen molar-refractivity contribution >= 4 is 17.7 Å². The lowest BCUT2D eigenvalue weighted by molar-refractivity contribution is -0.135. The van der Waals surface area contributed by atoms with E-state index in [0.717, 1.165) is 5.75 Å². The Balaban J connectivity index is 4.30. The number of aliphatic hydroxyl groups is 1. The largest absolute Gasteiger partial charge is 0.389 e. The van der Waals surface area contributed by atoms with E-state index in [1.165, 1.54) is 0 Å². The van der Waals surface area contributed by atoms with Crippen LogP contribution in [0.1, 0.15) is 27.2 Å². The van der Waals surface area contributed by atoms with Gasteiger partial charge in [-0.05, 0) is 39.2 Å². The Hall–Kier alpha value is -0.260. The molecule has 16 heavy (non-hydrogen) atoms. The van der Waals surface area contributed by atoms with E-state index >= 15 is 0 Å². The van der Waals surface area contributed by atoms with E-state index in [2.05, 4.69) is 0 Å². The van der Waals surface area contributed by atoms with E-state index in [1.54, 1.807) is 30.5 Å².